The monoisotopic (exact) mass is 472 g/mol. The van der Waals surface area contributed by atoms with Crippen molar-refractivity contribution in [1.82, 2.24) is 5.32 Å². The number of alkyl carbamates (subject to hydrolysis) is 1. The molecule has 1 aliphatic carbocycles. The molecule has 2 atom stereocenters. The normalized spacial score (nSPS) is 13.8. The van der Waals surface area contributed by atoms with Gasteiger partial charge in [-0.2, -0.15) is 0 Å². The van der Waals surface area contributed by atoms with Crippen LogP contribution < -0.4 is 10.6 Å². The maximum Gasteiger partial charge on any atom is 0.407 e. The number of rotatable bonds is 8. The van der Waals surface area contributed by atoms with Crippen LogP contribution in [0.2, 0.25) is 0 Å². The number of nitrogens with one attached hydrogen (secondary N) is 2. The number of carboxylic acids is 1. The van der Waals surface area contributed by atoms with E-state index in [1.807, 2.05) is 50.2 Å². The van der Waals surface area contributed by atoms with E-state index < -0.39 is 24.0 Å². The van der Waals surface area contributed by atoms with Gasteiger partial charge in [0.15, 0.2) is 0 Å². The number of anilines is 1. The second kappa shape index (κ2) is 10.4. The predicted octanol–water partition coefficient (Wildman–Crippen LogP) is 5.28. The van der Waals surface area contributed by atoms with Gasteiger partial charge >= 0.3 is 12.1 Å². The minimum atomic E-state index is -1.15. The van der Waals surface area contributed by atoms with Crippen LogP contribution in [0.15, 0.2) is 72.8 Å². The molecule has 0 saturated carbocycles. The summed E-state index contributed by atoms with van der Waals surface area (Å²) in [6, 6.07) is 21.4. The SMILES string of the molecule is CCC(C)C(NC(=O)OCC1c2ccccc2-c2ccccc21)C(=O)Nc1ccccc1C(=O)O. The summed E-state index contributed by atoms with van der Waals surface area (Å²) in [6.45, 7) is 3.89. The van der Waals surface area contributed by atoms with Crippen LogP contribution in [-0.4, -0.2) is 35.7 Å². The fraction of sp³-hybridized carbons (Fsp3) is 0.250. The molecular weight excluding hydrogens is 444 g/mol. The van der Waals surface area contributed by atoms with Crippen molar-refractivity contribution in [2.24, 2.45) is 5.92 Å². The van der Waals surface area contributed by atoms with E-state index in [0.717, 1.165) is 22.3 Å². The maximum absolute atomic E-state index is 13.0. The quantitative estimate of drug-likeness (QED) is 0.414. The third-order valence-electron chi connectivity index (χ3n) is 6.53. The van der Waals surface area contributed by atoms with Crippen molar-refractivity contribution in [3.05, 3.63) is 89.5 Å². The smallest absolute Gasteiger partial charge is 0.407 e. The number of para-hydroxylation sites is 1. The molecule has 2 unspecified atom stereocenters. The Hall–Kier alpha value is -4.13. The first-order chi connectivity index (χ1) is 16.9. The Bertz CT molecular complexity index is 1210. The minimum Gasteiger partial charge on any atom is -0.478 e. The van der Waals surface area contributed by atoms with Gasteiger partial charge in [0.2, 0.25) is 5.91 Å². The van der Waals surface area contributed by atoms with Gasteiger partial charge in [0.25, 0.3) is 0 Å². The van der Waals surface area contributed by atoms with E-state index in [-0.39, 0.29) is 29.7 Å². The van der Waals surface area contributed by atoms with Crippen LogP contribution in [-0.2, 0) is 9.53 Å². The van der Waals surface area contributed by atoms with Crippen molar-refractivity contribution in [1.29, 1.82) is 0 Å². The first-order valence-electron chi connectivity index (χ1n) is 11.6. The van der Waals surface area contributed by atoms with E-state index in [1.165, 1.54) is 12.1 Å². The van der Waals surface area contributed by atoms with E-state index >= 15 is 0 Å². The fourth-order valence-corrected chi connectivity index (χ4v) is 4.46. The highest BCUT2D eigenvalue weighted by Crippen LogP contribution is 2.44. The molecule has 0 radical (unpaired) electrons. The largest absolute Gasteiger partial charge is 0.478 e. The number of benzene rings is 3. The van der Waals surface area contributed by atoms with Crippen LogP contribution in [0.25, 0.3) is 11.1 Å². The first-order valence-corrected chi connectivity index (χ1v) is 11.6. The number of amides is 2. The summed E-state index contributed by atoms with van der Waals surface area (Å²) in [5, 5.41) is 14.7. The lowest BCUT2D eigenvalue weighted by Gasteiger charge is -2.24. The predicted molar refractivity (Wildman–Crippen MR) is 133 cm³/mol. The van der Waals surface area contributed by atoms with Gasteiger partial charge in [0.1, 0.15) is 12.6 Å². The van der Waals surface area contributed by atoms with Gasteiger partial charge < -0.3 is 20.5 Å². The molecule has 3 N–H and O–H groups in total. The third kappa shape index (κ3) is 5.04. The summed E-state index contributed by atoms with van der Waals surface area (Å²) in [6.07, 6.45) is -0.0682. The standard InChI is InChI=1S/C28H28N2O5/c1-3-17(2)25(26(31)29-24-15-9-8-14-22(24)27(32)33)30-28(34)35-16-23-20-12-6-4-10-18(20)19-11-5-7-13-21(19)23/h4-15,17,23,25H,3,16H2,1-2H3,(H,29,31)(H,30,34)(H,32,33). The van der Waals surface area contributed by atoms with Crippen molar-refractivity contribution in [2.45, 2.75) is 32.2 Å². The molecule has 0 aliphatic heterocycles. The van der Waals surface area contributed by atoms with Gasteiger partial charge in [-0.15, -0.1) is 0 Å². The highest BCUT2D eigenvalue weighted by atomic mass is 16.5. The Labute approximate surface area is 204 Å². The lowest BCUT2D eigenvalue weighted by molar-refractivity contribution is -0.119. The summed E-state index contributed by atoms with van der Waals surface area (Å²) in [7, 11) is 0. The third-order valence-corrected chi connectivity index (χ3v) is 6.53. The number of hydrogen-bond acceptors (Lipinski definition) is 4. The Balaban J connectivity index is 1.45. The second-order valence-corrected chi connectivity index (χ2v) is 8.67. The van der Waals surface area contributed by atoms with Crippen molar-refractivity contribution >= 4 is 23.7 Å². The molecule has 3 aromatic carbocycles. The summed E-state index contributed by atoms with van der Waals surface area (Å²) in [4.78, 5) is 37.3. The van der Waals surface area contributed by atoms with Crippen LogP contribution >= 0.6 is 0 Å². The zero-order valence-corrected chi connectivity index (χ0v) is 19.7. The van der Waals surface area contributed by atoms with Gasteiger partial charge in [0, 0.05) is 5.92 Å². The highest BCUT2D eigenvalue weighted by molar-refractivity contribution is 6.03. The Morgan fingerprint density at radius 3 is 2.09 bits per heavy atom. The molecule has 0 bridgehead atoms. The van der Waals surface area contributed by atoms with Gasteiger partial charge in [-0.25, -0.2) is 9.59 Å². The number of carboxylic acid groups (broad SMARTS) is 1. The lowest BCUT2D eigenvalue weighted by atomic mass is 9.98. The Morgan fingerprint density at radius 1 is 0.914 bits per heavy atom. The first kappa shape index (κ1) is 24.0. The summed E-state index contributed by atoms with van der Waals surface area (Å²) in [5.41, 5.74) is 4.61. The van der Waals surface area contributed by atoms with E-state index in [1.54, 1.807) is 12.1 Å². The van der Waals surface area contributed by atoms with Crippen molar-refractivity contribution in [3.63, 3.8) is 0 Å². The number of hydrogen-bond donors (Lipinski definition) is 3. The zero-order chi connectivity index (χ0) is 24.9. The molecule has 7 heteroatoms. The minimum absolute atomic E-state index is 0.0232. The average molecular weight is 473 g/mol. The number of carbonyl (C=O) groups is 3. The molecule has 3 aromatic rings. The van der Waals surface area contributed by atoms with Gasteiger partial charge in [-0.05, 0) is 40.3 Å². The molecule has 0 spiro atoms. The van der Waals surface area contributed by atoms with Crippen LogP contribution in [0.4, 0.5) is 10.5 Å². The number of fused-ring (bicyclic) bond motifs is 3. The van der Waals surface area contributed by atoms with E-state index in [0.29, 0.717) is 6.42 Å². The molecular formula is C28H28N2O5. The molecule has 180 valence electrons. The van der Waals surface area contributed by atoms with Crippen molar-refractivity contribution in [3.8, 4) is 11.1 Å². The molecule has 1 aliphatic rings. The highest BCUT2D eigenvalue weighted by Gasteiger charge is 2.31. The summed E-state index contributed by atoms with van der Waals surface area (Å²) in [5.74, 6) is -1.94. The molecule has 35 heavy (non-hydrogen) atoms. The van der Waals surface area contributed by atoms with Crippen molar-refractivity contribution in [2.75, 3.05) is 11.9 Å². The van der Waals surface area contributed by atoms with E-state index in [4.69, 9.17) is 4.74 Å². The fourth-order valence-electron chi connectivity index (χ4n) is 4.46. The lowest BCUT2D eigenvalue weighted by Crippen LogP contribution is -2.48. The topological polar surface area (TPSA) is 105 Å². The zero-order valence-electron chi connectivity index (χ0n) is 19.7. The van der Waals surface area contributed by atoms with E-state index in [2.05, 4.69) is 22.8 Å². The summed E-state index contributed by atoms with van der Waals surface area (Å²) >= 11 is 0. The van der Waals surface area contributed by atoms with Gasteiger partial charge in [-0.3, -0.25) is 4.79 Å². The molecule has 2 amide bonds. The molecule has 0 heterocycles. The Morgan fingerprint density at radius 2 is 1.49 bits per heavy atom. The van der Waals surface area contributed by atoms with Crippen LogP contribution in [0.3, 0.4) is 0 Å². The van der Waals surface area contributed by atoms with E-state index in [9.17, 15) is 19.5 Å². The maximum atomic E-state index is 13.0. The van der Waals surface area contributed by atoms with Crippen LogP contribution in [0.1, 0.15) is 47.7 Å². The number of ether oxygens (including phenoxy) is 1. The van der Waals surface area contributed by atoms with Gasteiger partial charge in [0.05, 0.1) is 11.3 Å². The Kier molecular flexibility index (Phi) is 7.15. The number of carbonyl (C=O) groups excluding carboxylic acids is 2. The molecule has 0 saturated heterocycles. The van der Waals surface area contributed by atoms with Crippen LogP contribution in [0.5, 0.6) is 0 Å². The number of aromatic carboxylic acids is 1. The molecule has 7 nitrogen and oxygen atoms in total. The van der Waals surface area contributed by atoms with Gasteiger partial charge in [-0.1, -0.05) is 80.9 Å². The molecule has 0 aromatic heterocycles. The second-order valence-electron chi connectivity index (χ2n) is 8.67. The van der Waals surface area contributed by atoms with Crippen molar-refractivity contribution < 1.29 is 24.2 Å². The average Bonchev–Trinajstić information content (AvgIpc) is 3.19. The molecule has 4 rings (SSSR count). The molecule has 0 fully saturated rings. The summed E-state index contributed by atoms with van der Waals surface area (Å²) < 4.78 is 5.60. The van der Waals surface area contributed by atoms with Crippen LogP contribution in [0, 0.1) is 5.92 Å².